The van der Waals surface area contributed by atoms with Crippen LogP contribution in [-0.4, -0.2) is 27.3 Å². The number of allylic oxidation sites excluding steroid dienone is 4. The smallest absolute Gasteiger partial charge is 0.372 e. The zero-order valence-corrected chi connectivity index (χ0v) is 8.28. The van der Waals surface area contributed by atoms with Gasteiger partial charge in [-0.05, 0) is 12.2 Å². The molecule has 0 heterocycles. The first kappa shape index (κ1) is 13.9. The van der Waals surface area contributed by atoms with E-state index in [1.165, 1.54) is 12.1 Å². The zero-order valence-electron chi connectivity index (χ0n) is 8.28. The van der Waals surface area contributed by atoms with Gasteiger partial charge in [0.15, 0.2) is 0 Å². The Hall–Kier alpha value is -3.06. The molecule has 0 saturated heterocycles. The van der Waals surface area contributed by atoms with Gasteiger partial charge >= 0.3 is 11.9 Å². The number of hydrogen-bond donors (Lipinski definition) is 3. The fourth-order valence-electron chi connectivity index (χ4n) is 0.708. The van der Waals surface area contributed by atoms with Gasteiger partial charge in [0, 0.05) is 6.08 Å². The summed E-state index contributed by atoms with van der Waals surface area (Å²) < 4.78 is 0. The van der Waals surface area contributed by atoms with Gasteiger partial charge in [0.1, 0.15) is 11.6 Å². The zero-order chi connectivity index (χ0) is 13.4. The minimum absolute atomic E-state index is 0.302. The summed E-state index contributed by atoms with van der Waals surface area (Å²) in [6, 6.07) is 2.91. The monoisotopic (exact) mass is 234 g/mol. The minimum Gasteiger partial charge on any atom is -0.501 e. The maximum absolute atomic E-state index is 10.3. The van der Waals surface area contributed by atoms with Gasteiger partial charge in [0.05, 0.1) is 11.6 Å². The summed E-state index contributed by atoms with van der Waals surface area (Å²) in [7, 11) is 0. The van der Waals surface area contributed by atoms with Crippen molar-refractivity contribution in [1.82, 2.24) is 0 Å². The van der Waals surface area contributed by atoms with Gasteiger partial charge in [-0.3, -0.25) is 0 Å². The Kier molecular flexibility index (Phi) is 5.27. The molecule has 0 radical (unpaired) electrons. The molecule has 0 aromatic rings. The molecular weight excluding hydrogens is 228 g/mol. The van der Waals surface area contributed by atoms with E-state index in [2.05, 4.69) is 0 Å². The molecule has 17 heavy (non-hydrogen) atoms. The van der Waals surface area contributed by atoms with Crippen molar-refractivity contribution in [2.75, 3.05) is 0 Å². The highest BCUT2D eigenvalue weighted by atomic mass is 16.4. The molecule has 0 rings (SSSR count). The number of aliphatic carboxylic acids is 2. The van der Waals surface area contributed by atoms with Gasteiger partial charge in [-0.15, -0.1) is 0 Å². The van der Waals surface area contributed by atoms with Crippen molar-refractivity contribution in [3.63, 3.8) is 0 Å². The molecule has 0 spiro atoms. The van der Waals surface area contributed by atoms with Gasteiger partial charge in [0.25, 0.3) is 0 Å². The molecule has 0 aliphatic carbocycles. The largest absolute Gasteiger partial charge is 0.501 e. The Balaban J connectivity index is 5.27. The Morgan fingerprint density at radius 3 is 1.94 bits per heavy atom. The molecule has 0 aromatic heterocycles. The van der Waals surface area contributed by atoms with E-state index in [0.29, 0.717) is 6.08 Å². The van der Waals surface area contributed by atoms with Crippen LogP contribution in [0.3, 0.4) is 0 Å². The van der Waals surface area contributed by atoms with Crippen LogP contribution in [0.5, 0.6) is 0 Å². The van der Waals surface area contributed by atoms with Crippen LogP contribution in [0.15, 0.2) is 35.1 Å². The molecule has 7 nitrogen and oxygen atoms in total. The molecule has 0 bridgehead atoms. The van der Waals surface area contributed by atoms with Crippen molar-refractivity contribution in [2.45, 2.75) is 0 Å². The average molecular weight is 234 g/mol. The van der Waals surface area contributed by atoms with Crippen molar-refractivity contribution in [2.24, 2.45) is 0 Å². The van der Waals surface area contributed by atoms with E-state index in [1.807, 2.05) is 0 Å². The number of aliphatic hydroxyl groups excluding tert-OH is 1. The first-order valence-corrected chi connectivity index (χ1v) is 4.01. The molecular formula is C10H6N2O5. The predicted octanol–water partition coefficient (Wildman–Crippen LogP) is 0.497. The number of nitriles is 2. The second kappa shape index (κ2) is 6.43. The average Bonchev–Trinajstić information content (AvgIpc) is 2.27. The highest BCUT2D eigenvalue weighted by Gasteiger charge is 2.10. The van der Waals surface area contributed by atoms with E-state index in [-0.39, 0.29) is 5.57 Å². The van der Waals surface area contributed by atoms with Gasteiger partial charge in [-0.2, -0.15) is 10.5 Å². The fourth-order valence-corrected chi connectivity index (χ4v) is 0.708. The molecule has 3 N–H and O–H groups in total. The lowest BCUT2D eigenvalue weighted by molar-refractivity contribution is -0.135. The van der Waals surface area contributed by atoms with Crippen LogP contribution < -0.4 is 0 Å². The third-order valence-corrected chi connectivity index (χ3v) is 1.42. The number of carboxylic acids is 2. The van der Waals surface area contributed by atoms with Crippen molar-refractivity contribution >= 4 is 11.9 Å². The van der Waals surface area contributed by atoms with Crippen molar-refractivity contribution in [1.29, 1.82) is 10.5 Å². The second-order valence-electron chi connectivity index (χ2n) is 2.56. The fraction of sp³-hybridized carbons (Fsp3) is 0. The van der Waals surface area contributed by atoms with E-state index in [9.17, 15) is 9.59 Å². The molecule has 0 atom stereocenters. The third-order valence-electron chi connectivity index (χ3n) is 1.42. The van der Waals surface area contributed by atoms with E-state index < -0.39 is 23.3 Å². The topological polar surface area (TPSA) is 142 Å². The number of nitrogens with zero attached hydrogens (tertiary/aromatic N) is 2. The third kappa shape index (κ3) is 4.81. The highest BCUT2D eigenvalue weighted by Crippen LogP contribution is 2.05. The Morgan fingerprint density at radius 2 is 1.59 bits per heavy atom. The number of hydrogen-bond acceptors (Lipinski definition) is 5. The van der Waals surface area contributed by atoms with Crippen molar-refractivity contribution < 1.29 is 24.9 Å². The maximum atomic E-state index is 10.3. The molecule has 0 amide bonds. The molecule has 0 saturated carbocycles. The Morgan fingerprint density at radius 1 is 1.00 bits per heavy atom. The summed E-state index contributed by atoms with van der Waals surface area (Å²) in [5.74, 6) is -4.25. The van der Waals surface area contributed by atoms with Crippen LogP contribution in [0.25, 0.3) is 0 Å². The first-order valence-electron chi connectivity index (χ1n) is 4.01. The standard InChI is InChI=1S/C10H6N2O5/c11-4-6(3-8(13)14)1-2-7(5-12)9(15)10(16)17/h1-3,15H,(H,13,14)(H,16,17). The Bertz CT molecular complexity index is 514. The van der Waals surface area contributed by atoms with Crippen LogP contribution >= 0.6 is 0 Å². The molecule has 0 aromatic carbocycles. The van der Waals surface area contributed by atoms with E-state index in [0.717, 1.165) is 12.2 Å². The summed E-state index contributed by atoms with van der Waals surface area (Å²) in [6.45, 7) is 0. The Labute approximate surface area is 95.4 Å². The van der Waals surface area contributed by atoms with Gasteiger partial charge < -0.3 is 15.3 Å². The summed E-state index contributed by atoms with van der Waals surface area (Å²) in [6.07, 6.45) is 2.32. The highest BCUT2D eigenvalue weighted by molar-refractivity contribution is 5.86. The lowest BCUT2D eigenvalue weighted by Crippen LogP contribution is -2.01. The number of carbonyl (C=O) groups is 2. The predicted molar refractivity (Wildman–Crippen MR) is 53.4 cm³/mol. The quantitative estimate of drug-likeness (QED) is 0.278. The summed E-state index contributed by atoms with van der Waals surface area (Å²) in [4.78, 5) is 20.6. The van der Waals surface area contributed by atoms with Crippen LogP contribution in [0.1, 0.15) is 0 Å². The molecule has 7 heteroatoms. The van der Waals surface area contributed by atoms with Gasteiger partial charge in [-0.1, -0.05) is 0 Å². The van der Waals surface area contributed by atoms with E-state index >= 15 is 0 Å². The van der Waals surface area contributed by atoms with Crippen molar-refractivity contribution in [3.05, 3.63) is 35.1 Å². The number of rotatable bonds is 4. The summed E-state index contributed by atoms with van der Waals surface area (Å²) >= 11 is 0. The lowest BCUT2D eigenvalue weighted by Gasteiger charge is -1.93. The van der Waals surface area contributed by atoms with Gasteiger partial charge in [0.2, 0.25) is 5.76 Å². The van der Waals surface area contributed by atoms with Gasteiger partial charge in [-0.25, -0.2) is 9.59 Å². The lowest BCUT2D eigenvalue weighted by atomic mass is 10.1. The van der Waals surface area contributed by atoms with Crippen molar-refractivity contribution in [3.8, 4) is 12.1 Å². The number of carboxylic acid groups (broad SMARTS) is 2. The van der Waals surface area contributed by atoms with Crippen LogP contribution in [-0.2, 0) is 9.59 Å². The summed E-state index contributed by atoms with van der Waals surface area (Å²) in [5.41, 5.74) is -0.896. The van der Waals surface area contributed by atoms with E-state index in [1.54, 1.807) is 0 Å². The first-order chi connectivity index (χ1) is 7.92. The van der Waals surface area contributed by atoms with Crippen LogP contribution in [0, 0.1) is 22.7 Å². The number of aliphatic hydroxyl groups is 1. The second-order valence-corrected chi connectivity index (χ2v) is 2.56. The summed E-state index contributed by atoms with van der Waals surface area (Å²) in [5, 5.41) is 42.7. The maximum Gasteiger partial charge on any atom is 0.372 e. The van der Waals surface area contributed by atoms with E-state index in [4.69, 9.17) is 25.8 Å². The molecule has 86 valence electrons. The normalized spacial score (nSPS) is 12.5. The molecule has 0 aliphatic heterocycles. The van der Waals surface area contributed by atoms with Crippen LogP contribution in [0.2, 0.25) is 0 Å². The molecule has 0 fully saturated rings. The van der Waals surface area contributed by atoms with Crippen LogP contribution in [0.4, 0.5) is 0 Å². The molecule has 0 aliphatic rings. The SMILES string of the molecule is N#CC(C=CC(C#N)=C(O)C(=O)O)=CC(=O)O. The molecule has 0 unspecified atom stereocenters. The minimum atomic E-state index is -1.70.